The molecule has 7 heteroatoms. The molecule has 5 nitrogen and oxygen atoms in total. The van der Waals surface area contributed by atoms with Crippen LogP contribution in [0, 0.1) is 11.7 Å². The molecule has 1 heterocycles. The van der Waals surface area contributed by atoms with Gasteiger partial charge >= 0.3 is 0 Å². The van der Waals surface area contributed by atoms with Crippen molar-refractivity contribution >= 4 is 10.0 Å². The molecule has 0 spiro atoms. The molecule has 3 N–H and O–H groups in total. The Morgan fingerprint density at radius 1 is 1.43 bits per heavy atom. The zero-order valence-corrected chi connectivity index (χ0v) is 12.7. The molecule has 21 heavy (non-hydrogen) atoms. The number of benzene rings is 1. The Kier molecular flexibility index (Phi) is 5.32. The van der Waals surface area contributed by atoms with Crippen LogP contribution in [0.3, 0.4) is 0 Å². The minimum Gasteiger partial charge on any atom is -0.396 e. The van der Waals surface area contributed by atoms with Gasteiger partial charge in [0.05, 0.1) is 4.90 Å². The highest BCUT2D eigenvalue weighted by atomic mass is 32.2. The van der Waals surface area contributed by atoms with Crippen LogP contribution in [0.2, 0.25) is 0 Å². The van der Waals surface area contributed by atoms with Crippen LogP contribution in [0.4, 0.5) is 4.39 Å². The molecule has 2 rings (SSSR count). The number of nitrogens with two attached hydrogens (primary N) is 1. The number of aliphatic hydroxyl groups is 1. The summed E-state index contributed by atoms with van der Waals surface area (Å²) in [5.41, 5.74) is 5.62. The van der Waals surface area contributed by atoms with Crippen molar-refractivity contribution in [1.29, 1.82) is 0 Å². The first-order valence-electron chi connectivity index (χ1n) is 7.08. The molecule has 1 aliphatic rings. The number of aliphatic hydroxyl groups excluding tert-OH is 1. The second-order valence-electron chi connectivity index (χ2n) is 5.34. The molecule has 1 saturated heterocycles. The van der Waals surface area contributed by atoms with Crippen molar-refractivity contribution in [1.82, 2.24) is 4.31 Å². The van der Waals surface area contributed by atoms with Crippen LogP contribution in [0.25, 0.3) is 0 Å². The summed E-state index contributed by atoms with van der Waals surface area (Å²) in [4.78, 5) is 0.0778. The van der Waals surface area contributed by atoms with Crippen molar-refractivity contribution in [2.24, 2.45) is 11.7 Å². The molecule has 1 atom stereocenters. The van der Waals surface area contributed by atoms with Crippen molar-refractivity contribution in [2.75, 3.05) is 19.7 Å². The number of hydrogen-bond acceptors (Lipinski definition) is 4. The second kappa shape index (κ2) is 6.83. The van der Waals surface area contributed by atoms with Crippen LogP contribution in [0.15, 0.2) is 23.1 Å². The van der Waals surface area contributed by atoms with Gasteiger partial charge in [0.1, 0.15) is 5.82 Å². The predicted octanol–water partition coefficient (Wildman–Crippen LogP) is 1.07. The molecule has 118 valence electrons. The first-order valence-corrected chi connectivity index (χ1v) is 8.52. The van der Waals surface area contributed by atoms with Gasteiger partial charge in [0, 0.05) is 31.8 Å². The molecule has 0 bridgehead atoms. The highest BCUT2D eigenvalue weighted by Crippen LogP contribution is 2.26. The van der Waals surface area contributed by atoms with E-state index >= 15 is 0 Å². The maximum Gasteiger partial charge on any atom is 0.243 e. The largest absolute Gasteiger partial charge is 0.396 e. The molecule has 0 radical (unpaired) electrons. The van der Waals surface area contributed by atoms with Crippen molar-refractivity contribution in [2.45, 2.75) is 30.7 Å². The van der Waals surface area contributed by atoms with Crippen molar-refractivity contribution in [3.05, 3.63) is 29.6 Å². The normalized spacial score (nSPS) is 20.6. The van der Waals surface area contributed by atoms with Gasteiger partial charge in [0.15, 0.2) is 0 Å². The molecule has 1 aliphatic heterocycles. The fourth-order valence-electron chi connectivity index (χ4n) is 2.68. The number of sulfonamides is 1. The van der Waals surface area contributed by atoms with Crippen LogP contribution in [-0.4, -0.2) is 37.5 Å². The van der Waals surface area contributed by atoms with Crippen LogP contribution < -0.4 is 5.73 Å². The summed E-state index contributed by atoms with van der Waals surface area (Å²) >= 11 is 0. The summed E-state index contributed by atoms with van der Waals surface area (Å²) in [6, 6.07) is 3.73. The van der Waals surface area contributed by atoms with E-state index < -0.39 is 15.8 Å². The summed E-state index contributed by atoms with van der Waals surface area (Å²) in [5, 5.41) is 9.00. The van der Waals surface area contributed by atoms with Gasteiger partial charge in [-0.15, -0.1) is 0 Å². The molecule has 0 saturated carbocycles. The molecule has 0 amide bonds. The Balaban J connectivity index is 2.25. The molecule has 0 aliphatic carbocycles. The van der Waals surface area contributed by atoms with Crippen LogP contribution >= 0.6 is 0 Å². The minimum absolute atomic E-state index is 0.0394. The minimum atomic E-state index is -3.63. The zero-order chi connectivity index (χ0) is 15.5. The first-order chi connectivity index (χ1) is 9.98. The van der Waals surface area contributed by atoms with E-state index in [1.165, 1.54) is 16.4 Å². The monoisotopic (exact) mass is 316 g/mol. The van der Waals surface area contributed by atoms with E-state index in [1.54, 1.807) is 0 Å². The first kappa shape index (κ1) is 16.4. The van der Waals surface area contributed by atoms with Gasteiger partial charge in [0.2, 0.25) is 10.0 Å². The summed E-state index contributed by atoms with van der Waals surface area (Å²) in [6.45, 7) is 0.882. The maximum absolute atomic E-state index is 13.4. The number of halogens is 1. The number of hydrogen-bond donors (Lipinski definition) is 2. The highest BCUT2D eigenvalue weighted by Gasteiger charge is 2.30. The standard InChI is InChI=1S/C14H21FN2O3S/c15-14-4-3-13(8-12(14)9-16)21(19,20)17-6-1-2-11(10-17)5-7-18/h3-4,8,11,18H,1-2,5-7,9-10,16H2. The Labute approximate surface area is 124 Å². The fourth-order valence-corrected chi connectivity index (χ4v) is 4.29. The lowest BCUT2D eigenvalue weighted by Gasteiger charge is -2.31. The van der Waals surface area contributed by atoms with Gasteiger partial charge in [0.25, 0.3) is 0 Å². The average molecular weight is 316 g/mol. The number of nitrogens with zero attached hydrogens (tertiary/aromatic N) is 1. The second-order valence-corrected chi connectivity index (χ2v) is 7.28. The molecule has 1 aromatic rings. The lowest BCUT2D eigenvalue weighted by molar-refractivity contribution is 0.203. The van der Waals surface area contributed by atoms with E-state index in [0.717, 1.165) is 18.9 Å². The fraction of sp³-hybridized carbons (Fsp3) is 0.571. The molecule has 0 aromatic heterocycles. The van der Waals surface area contributed by atoms with Crippen molar-refractivity contribution in [3.63, 3.8) is 0 Å². The molecule has 1 fully saturated rings. The quantitative estimate of drug-likeness (QED) is 0.851. The van der Waals surface area contributed by atoms with Gasteiger partial charge in [-0.25, -0.2) is 12.8 Å². The topological polar surface area (TPSA) is 83.6 Å². The average Bonchev–Trinajstić information content (AvgIpc) is 2.48. The summed E-state index contributed by atoms with van der Waals surface area (Å²) < 4.78 is 40.1. The maximum atomic E-state index is 13.4. The molecular formula is C14H21FN2O3S. The summed E-state index contributed by atoms with van der Waals surface area (Å²) in [5.74, 6) is -0.318. The lowest BCUT2D eigenvalue weighted by Crippen LogP contribution is -2.40. The SMILES string of the molecule is NCc1cc(S(=O)(=O)N2CCCC(CCO)C2)ccc1F. The van der Waals surface area contributed by atoms with Gasteiger partial charge in [-0.3, -0.25) is 0 Å². The molecule has 1 aromatic carbocycles. The van der Waals surface area contributed by atoms with E-state index in [0.29, 0.717) is 19.5 Å². The Hall–Kier alpha value is -1.02. The molecular weight excluding hydrogens is 295 g/mol. The summed E-state index contributed by atoms with van der Waals surface area (Å²) in [6.07, 6.45) is 2.29. The van der Waals surface area contributed by atoms with E-state index in [-0.39, 0.29) is 29.5 Å². The number of rotatable bonds is 5. The van der Waals surface area contributed by atoms with E-state index in [1.807, 2.05) is 0 Å². The van der Waals surface area contributed by atoms with Crippen molar-refractivity contribution in [3.8, 4) is 0 Å². The lowest BCUT2D eigenvalue weighted by atomic mass is 9.97. The van der Waals surface area contributed by atoms with Gasteiger partial charge < -0.3 is 10.8 Å². The van der Waals surface area contributed by atoms with Crippen molar-refractivity contribution < 1.29 is 17.9 Å². The summed E-state index contributed by atoms with van der Waals surface area (Å²) in [7, 11) is -3.63. The number of piperidine rings is 1. The third kappa shape index (κ3) is 3.60. The van der Waals surface area contributed by atoms with Gasteiger partial charge in [-0.05, 0) is 43.4 Å². The zero-order valence-electron chi connectivity index (χ0n) is 11.8. The highest BCUT2D eigenvalue weighted by molar-refractivity contribution is 7.89. The Bertz CT molecular complexity index is 590. The van der Waals surface area contributed by atoms with Crippen LogP contribution in [0.5, 0.6) is 0 Å². The smallest absolute Gasteiger partial charge is 0.243 e. The van der Waals surface area contributed by atoms with Crippen LogP contribution in [-0.2, 0) is 16.6 Å². The third-order valence-electron chi connectivity index (χ3n) is 3.89. The molecule has 1 unspecified atom stereocenters. The Morgan fingerprint density at radius 3 is 2.86 bits per heavy atom. The third-order valence-corrected chi connectivity index (χ3v) is 5.76. The van der Waals surface area contributed by atoms with Gasteiger partial charge in [-0.1, -0.05) is 0 Å². The van der Waals surface area contributed by atoms with Gasteiger partial charge in [-0.2, -0.15) is 4.31 Å². The van der Waals surface area contributed by atoms with E-state index in [9.17, 15) is 12.8 Å². The predicted molar refractivity (Wildman–Crippen MR) is 77.5 cm³/mol. The van der Waals surface area contributed by atoms with Crippen LogP contribution in [0.1, 0.15) is 24.8 Å². The van der Waals surface area contributed by atoms with E-state index in [4.69, 9.17) is 10.8 Å². The van der Waals surface area contributed by atoms with E-state index in [2.05, 4.69) is 0 Å². The Morgan fingerprint density at radius 2 is 2.19 bits per heavy atom.